The van der Waals surface area contributed by atoms with Crippen LogP contribution < -0.4 is 10.2 Å². The number of hydrogen-bond acceptors (Lipinski definition) is 3. The Bertz CT molecular complexity index is 460. The van der Waals surface area contributed by atoms with E-state index in [1.54, 1.807) is 0 Å². The normalized spacial score (nSPS) is 26.1. The molecule has 3 heteroatoms. The quantitative estimate of drug-likeness (QED) is 0.840. The summed E-state index contributed by atoms with van der Waals surface area (Å²) >= 11 is 0. The van der Waals surface area contributed by atoms with Crippen LogP contribution in [0.3, 0.4) is 0 Å². The molecule has 3 nitrogen and oxygen atoms in total. The highest BCUT2D eigenvalue weighted by Gasteiger charge is 2.34. The summed E-state index contributed by atoms with van der Waals surface area (Å²) in [7, 11) is 0. The van der Waals surface area contributed by atoms with Crippen molar-refractivity contribution in [3.05, 3.63) is 29.8 Å². The number of fused-ring (bicyclic) bond motifs is 1. The molecule has 0 saturated carbocycles. The number of anilines is 1. The molecule has 2 aliphatic rings. The first-order valence-electron chi connectivity index (χ1n) is 8.59. The Balaban J connectivity index is 1.75. The molecule has 0 radical (unpaired) electrons. The zero-order chi connectivity index (χ0) is 14.7. The van der Waals surface area contributed by atoms with Crippen LogP contribution in [-0.2, 0) is 6.54 Å². The first-order chi connectivity index (χ1) is 10.3. The second-order valence-electron chi connectivity index (χ2n) is 6.60. The van der Waals surface area contributed by atoms with Crippen LogP contribution in [0.25, 0.3) is 0 Å². The summed E-state index contributed by atoms with van der Waals surface area (Å²) < 4.78 is 0. The van der Waals surface area contributed by atoms with Crippen LogP contribution in [0.5, 0.6) is 0 Å². The molecule has 1 aromatic rings. The Morgan fingerprint density at radius 2 is 2.10 bits per heavy atom. The average Bonchev–Trinajstić information content (AvgIpc) is 2.94. The smallest absolute Gasteiger partial charge is 0.0415 e. The summed E-state index contributed by atoms with van der Waals surface area (Å²) in [5.41, 5.74) is 2.89. The van der Waals surface area contributed by atoms with E-state index in [1.165, 1.54) is 50.1 Å². The van der Waals surface area contributed by atoms with Gasteiger partial charge >= 0.3 is 0 Å². The Morgan fingerprint density at radius 3 is 2.95 bits per heavy atom. The van der Waals surface area contributed by atoms with Crippen LogP contribution in [0, 0.1) is 0 Å². The Labute approximate surface area is 129 Å². The van der Waals surface area contributed by atoms with Crippen molar-refractivity contribution >= 4 is 5.69 Å². The van der Waals surface area contributed by atoms with Gasteiger partial charge in [0.1, 0.15) is 0 Å². The molecule has 2 saturated heterocycles. The Hall–Kier alpha value is -1.06. The molecule has 0 aliphatic carbocycles. The van der Waals surface area contributed by atoms with Gasteiger partial charge in [0, 0.05) is 37.4 Å². The lowest BCUT2D eigenvalue weighted by Crippen LogP contribution is -2.55. The van der Waals surface area contributed by atoms with Crippen molar-refractivity contribution < 1.29 is 0 Å². The largest absolute Gasteiger partial charge is 0.366 e. The van der Waals surface area contributed by atoms with Crippen molar-refractivity contribution in [1.82, 2.24) is 10.2 Å². The van der Waals surface area contributed by atoms with Gasteiger partial charge in [-0.2, -0.15) is 0 Å². The number of para-hydroxylation sites is 1. The molecule has 2 heterocycles. The van der Waals surface area contributed by atoms with E-state index in [0.29, 0.717) is 6.04 Å². The van der Waals surface area contributed by atoms with Crippen LogP contribution in [-0.4, -0.2) is 43.2 Å². The monoisotopic (exact) mass is 287 g/mol. The molecule has 2 fully saturated rings. The van der Waals surface area contributed by atoms with Crippen LogP contribution in [0.1, 0.15) is 38.7 Å². The number of nitrogens with one attached hydrogen (secondary N) is 1. The lowest BCUT2D eigenvalue weighted by Gasteiger charge is -2.44. The van der Waals surface area contributed by atoms with Crippen LogP contribution in [0.15, 0.2) is 24.3 Å². The van der Waals surface area contributed by atoms with Gasteiger partial charge in [-0.15, -0.1) is 0 Å². The van der Waals surface area contributed by atoms with Crippen molar-refractivity contribution in [3.8, 4) is 0 Å². The maximum absolute atomic E-state index is 3.55. The Morgan fingerprint density at radius 1 is 1.24 bits per heavy atom. The molecular weight excluding hydrogens is 258 g/mol. The van der Waals surface area contributed by atoms with Gasteiger partial charge in [0.05, 0.1) is 0 Å². The molecule has 3 rings (SSSR count). The molecule has 0 amide bonds. The van der Waals surface area contributed by atoms with E-state index < -0.39 is 0 Å². The van der Waals surface area contributed by atoms with Gasteiger partial charge in [-0.25, -0.2) is 0 Å². The number of piperazine rings is 1. The zero-order valence-corrected chi connectivity index (χ0v) is 13.5. The fourth-order valence-electron chi connectivity index (χ4n) is 3.86. The molecule has 1 aromatic carbocycles. The predicted octanol–water partition coefficient (Wildman–Crippen LogP) is 2.86. The summed E-state index contributed by atoms with van der Waals surface area (Å²) in [4.78, 5) is 5.34. The minimum Gasteiger partial charge on any atom is -0.366 e. The van der Waals surface area contributed by atoms with Gasteiger partial charge in [0.25, 0.3) is 0 Å². The van der Waals surface area contributed by atoms with Crippen molar-refractivity contribution in [3.63, 3.8) is 0 Å². The van der Waals surface area contributed by atoms with Gasteiger partial charge in [-0.3, -0.25) is 4.90 Å². The molecule has 2 aliphatic heterocycles. The highest BCUT2D eigenvalue weighted by atomic mass is 15.3. The van der Waals surface area contributed by atoms with E-state index in [1.807, 2.05) is 0 Å². The van der Waals surface area contributed by atoms with E-state index in [-0.39, 0.29) is 0 Å². The summed E-state index contributed by atoms with van der Waals surface area (Å²) in [5, 5.41) is 3.55. The molecule has 0 aromatic heterocycles. The second-order valence-corrected chi connectivity index (χ2v) is 6.60. The maximum atomic E-state index is 3.55. The van der Waals surface area contributed by atoms with Crippen LogP contribution >= 0.6 is 0 Å². The van der Waals surface area contributed by atoms with Crippen molar-refractivity contribution in [2.24, 2.45) is 0 Å². The molecule has 0 bridgehead atoms. The average molecular weight is 287 g/mol. The van der Waals surface area contributed by atoms with Crippen LogP contribution in [0.2, 0.25) is 0 Å². The SMILES string of the molecule is CCCNCc1ccccc1N1CC2CCCN2CC1C. The number of hydrogen-bond donors (Lipinski definition) is 1. The first kappa shape index (κ1) is 14.9. The highest BCUT2D eigenvalue weighted by Crippen LogP contribution is 2.30. The molecule has 1 N–H and O–H groups in total. The highest BCUT2D eigenvalue weighted by molar-refractivity contribution is 5.55. The minimum atomic E-state index is 0.617. The third kappa shape index (κ3) is 3.24. The lowest BCUT2D eigenvalue weighted by atomic mass is 10.0. The molecule has 21 heavy (non-hydrogen) atoms. The molecule has 2 unspecified atom stereocenters. The van der Waals surface area contributed by atoms with Crippen molar-refractivity contribution in [1.29, 1.82) is 0 Å². The zero-order valence-electron chi connectivity index (χ0n) is 13.5. The second kappa shape index (κ2) is 6.80. The number of benzene rings is 1. The van der Waals surface area contributed by atoms with E-state index in [4.69, 9.17) is 0 Å². The standard InChI is InChI=1S/C18H29N3/c1-3-10-19-12-16-7-4-5-9-18(16)21-14-17-8-6-11-20(17)13-15(21)2/h4-5,7,9,15,17,19H,3,6,8,10-14H2,1-2H3. The van der Waals surface area contributed by atoms with E-state index in [2.05, 4.69) is 53.2 Å². The molecule has 116 valence electrons. The minimum absolute atomic E-state index is 0.617. The fourth-order valence-corrected chi connectivity index (χ4v) is 3.86. The third-order valence-electron chi connectivity index (χ3n) is 4.98. The van der Waals surface area contributed by atoms with Crippen molar-refractivity contribution in [2.75, 3.05) is 31.1 Å². The fraction of sp³-hybridized carbons (Fsp3) is 0.667. The third-order valence-corrected chi connectivity index (χ3v) is 4.98. The topological polar surface area (TPSA) is 18.5 Å². The van der Waals surface area contributed by atoms with Gasteiger partial charge in [0.15, 0.2) is 0 Å². The van der Waals surface area contributed by atoms with Crippen LogP contribution in [0.4, 0.5) is 5.69 Å². The van der Waals surface area contributed by atoms with Gasteiger partial charge in [-0.05, 0) is 50.9 Å². The van der Waals surface area contributed by atoms with Gasteiger partial charge < -0.3 is 10.2 Å². The molecule has 2 atom stereocenters. The predicted molar refractivity (Wildman–Crippen MR) is 89.8 cm³/mol. The number of rotatable bonds is 5. The maximum Gasteiger partial charge on any atom is 0.0415 e. The molecular formula is C18H29N3. The summed E-state index contributed by atoms with van der Waals surface area (Å²) in [6.45, 7) is 10.4. The summed E-state index contributed by atoms with van der Waals surface area (Å²) in [6.07, 6.45) is 3.95. The Kier molecular flexibility index (Phi) is 4.81. The lowest BCUT2D eigenvalue weighted by molar-refractivity contribution is 0.203. The number of nitrogens with zero attached hydrogens (tertiary/aromatic N) is 2. The summed E-state index contributed by atoms with van der Waals surface area (Å²) in [6, 6.07) is 10.3. The molecule has 0 spiro atoms. The van der Waals surface area contributed by atoms with Gasteiger partial charge in [-0.1, -0.05) is 25.1 Å². The van der Waals surface area contributed by atoms with E-state index >= 15 is 0 Å². The van der Waals surface area contributed by atoms with E-state index in [9.17, 15) is 0 Å². The summed E-state index contributed by atoms with van der Waals surface area (Å²) in [5.74, 6) is 0. The van der Waals surface area contributed by atoms with Crippen molar-refractivity contribution in [2.45, 2.75) is 51.7 Å². The van der Waals surface area contributed by atoms with E-state index in [0.717, 1.165) is 19.1 Å². The first-order valence-corrected chi connectivity index (χ1v) is 8.59. The van der Waals surface area contributed by atoms with Gasteiger partial charge in [0.2, 0.25) is 0 Å².